The second-order valence-corrected chi connectivity index (χ2v) is 8.88. The van der Waals surface area contributed by atoms with Crippen molar-refractivity contribution in [1.29, 1.82) is 5.26 Å². The number of hydrogen-bond acceptors (Lipinski definition) is 3. The summed E-state index contributed by atoms with van der Waals surface area (Å²) in [5.41, 5.74) is 8.85. The molecule has 2 unspecified atom stereocenters. The largest absolute Gasteiger partial charge is 0.400 e. The van der Waals surface area contributed by atoms with Crippen LogP contribution in [0.5, 0.6) is 0 Å². The molecule has 0 amide bonds. The van der Waals surface area contributed by atoms with Crippen LogP contribution in [-0.2, 0) is 0 Å². The van der Waals surface area contributed by atoms with E-state index in [1.807, 2.05) is 17.5 Å². The predicted molar refractivity (Wildman–Crippen MR) is 86.3 cm³/mol. The minimum atomic E-state index is 0.105. The van der Waals surface area contributed by atoms with Crippen LogP contribution in [0.3, 0.4) is 0 Å². The Hall–Kier alpha value is -1.27. The van der Waals surface area contributed by atoms with Gasteiger partial charge in [-0.1, -0.05) is 13.0 Å². The number of thiophene rings is 1. The lowest BCUT2D eigenvalue weighted by Gasteiger charge is -2.61. The number of nitrogens with two attached hydrogens (primary N) is 1. The zero-order chi connectivity index (χ0) is 14.7. The first-order chi connectivity index (χ1) is 10.0. The molecule has 0 aliphatic heterocycles. The molecule has 2 N–H and O–H groups in total. The Balaban J connectivity index is 1.80. The summed E-state index contributed by atoms with van der Waals surface area (Å²) in [7, 11) is 0. The lowest BCUT2D eigenvalue weighted by Crippen LogP contribution is -2.52. The standard InChI is InChI=1S/C18H22N2S/c1-17-6-12-5-13(7-17)9-18(8-12,11-17)16(20)14(10-19)15-3-2-4-21-15/h2-4,12-13H,5-9,11,20H2,1H3/b16-14+. The zero-order valence-corrected chi connectivity index (χ0v) is 13.4. The molecule has 0 spiro atoms. The van der Waals surface area contributed by atoms with Crippen molar-refractivity contribution >= 4 is 16.9 Å². The molecule has 0 saturated heterocycles. The van der Waals surface area contributed by atoms with Crippen LogP contribution >= 0.6 is 11.3 Å². The molecular weight excluding hydrogens is 276 g/mol. The van der Waals surface area contributed by atoms with E-state index < -0.39 is 0 Å². The number of nitrogens with zero attached hydrogens (tertiary/aromatic N) is 1. The van der Waals surface area contributed by atoms with Gasteiger partial charge in [0.25, 0.3) is 0 Å². The molecule has 0 radical (unpaired) electrons. The van der Waals surface area contributed by atoms with Gasteiger partial charge >= 0.3 is 0 Å². The van der Waals surface area contributed by atoms with Gasteiger partial charge in [-0.05, 0) is 67.2 Å². The highest BCUT2D eigenvalue weighted by Crippen LogP contribution is 2.67. The van der Waals surface area contributed by atoms with Crippen molar-refractivity contribution in [2.75, 3.05) is 0 Å². The maximum Gasteiger partial charge on any atom is 0.102 e. The fraction of sp³-hybridized carbons (Fsp3) is 0.611. The average molecular weight is 298 g/mol. The Morgan fingerprint density at radius 1 is 1.33 bits per heavy atom. The van der Waals surface area contributed by atoms with E-state index in [1.54, 1.807) is 11.3 Å². The lowest BCUT2D eigenvalue weighted by molar-refractivity contribution is -0.0832. The highest BCUT2D eigenvalue weighted by molar-refractivity contribution is 7.11. The molecule has 1 heterocycles. The van der Waals surface area contributed by atoms with Gasteiger partial charge in [-0.3, -0.25) is 0 Å². The second kappa shape index (κ2) is 4.36. The third-order valence-electron chi connectivity index (χ3n) is 6.07. The van der Waals surface area contributed by atoms with E-state index in [9.17, 15) is 5.26 Å². The topological polar surface area (TPSA) is 49.8 Å². The number of nitriles is 1. The smallest absolute Gasteiger partial charge is 0.102 e. The molecule has 4 aliphatic carbocycles. The molecule has 2 atom stereocenters. The van der Waals surface area contributed by atoms with Gasteiger partial charge in [-0.15, -0.1) is 11.3 Å². The summed E-state index contributed by atoms with van der Waals surface area (Å²) < 4.78 is 0. The molecule has 4 aliphatic rings. The van der Waals surface area contributed by atoms with Crippen LogP contribution < -0.4 is 5.73 Å². The highest BCUT2D eigenvalue weighted by atomic mass is 32.1. The van der Waals surface area contributed by atoms with E-state index >= 15 is 0 Å². The third-order valence-corrected chi connectivity index (χ3v) is 6.96. The SMILES string of the molecule is CC12CC3CC(C1)CC(/C(N)=C(/C#N)c1cccs1)(C3)C2. The van der Waals surface area contributed by atoms with Gasteiger partial charge in [0.1, 0.15) is 6.07 Å². The summed E-state index contributed by atoms with van der Waals surface area (Å²) >= 11 is 1.63. The van der Waals surface area contributed by atoms with Crippen molar-refractivity contribution in [3.8, 4) is 6.07 Å². The first-order valence-corrected chi connectivity index (χ1v) is 8.86. The van der Waals surface area contributed by atoms with Crippen LogP contribution in [0.25, 0.3) is 5.57 Å². The molecular formula is C18H22N2S. The van der Waals surface area contributed by atoms with Crippen LogP contribution in [0.2, 0.25) is 0 Å². The maximum absolute atomic E-state index is 9.65. The third kappa shape index (κ3) is 1.96. The van der Waals surface area contributed by atoms with Crippen molar-refractivity contribution in [2.24, 2.45) is 28.4 Å². The molecule has 4 bridgehead atoms. The van der Waals surface area contributed by atoms with Gasteiger partial charge in [0.15, 0.2) is 0 Å². The van der Waals surface area contributed by atoms with Gasteiger partial charge in [0, 0.05) is 16.0 Å². The Labute approximate surface area is 130 Å². The zero-order valence-electron chi connectivity index (χ0n) is 12.6. The van der Waals surface area contributed by atoms with Gasteiger partial charge < -0.3 is 5.73 Å². The summed E-state index contributed by atoms with van der Waals surface area (Å²) in [6.45, 7) is 2.45. The number of hydrogen-bond donors (Lipinski definition) is 1. The van der Waals surface area contributed by atoms with Crippen LogP contribution in [0.4, 0.5) is 0 Å². The van der Waals surface area contributed by atoms with E-state index in [0.29, 0.717) is 5.41 Å². The average Bonchev–Trinajstić information content (AvgIpc) is 2.90. The molecule has 1 aromatic rings. The summed E-state index contributed by atoms with van der Waals surface area (Å²) in [6, 6.07) is 6.44. The minimum Gasteiger partial charge on any atom is -0.400 e. The lowest BCUT2D eigenvalue weighted by atomic mass is 9.44. The quantitative estimate of drug-likeness (QED) is 0.814. The number of rotatable bonds is 2. The predicted octanol–water partition coefficient (Wildman–Crippen LogP) is 4.55. The van der Waals surface area contributed by atoms with Gasteiger partial charge in [0.2, 0.25) is 0 Å². The molecule has 3 heteroatoms. The van der Waals surface area contributed by atoms with E-state index in [2.05, 4.69) is 13.0 Å². The molecule has 4 saturated carbocycles. The monoisotopic (exact) mass is 298 g/mol. The van der Waals surface area contributed by atoms with Gasteiger partial charge in [0.05, 0.1) is 5.57 Å². The van der Waals surface area contributed by atoms with Crippen molar-refractivity contribution in [3.05, 3.63) is 28.1 Å². The maximum atomic E-state index is 9.65. The van der Waals surface area contributed by atoms with Crippen molar-refractivity contribution in [2.45, 2.75) is 45.4 Å². The van der Waals surface area contributed by atoms with Crippen molar-refractivity contribution in [3.63, 3.8) is 0 Å². The summed E-state index contributed by atoms with van der Waals surface area (Å²) in [5.74, 6) is 1.66. The van der Waals surface area contributed by atoms with Crippen molar-refractivity contribution < 1.29 is 0 Å². The molecule has 0 aromatic carbocycles. The fourth-order valence-corrected chi connectivity index (χ4v) is 6.70. The summed E-state index contributed by atoms with van der Waals surface area (Å²) in [4.78, 5) is 1.04. The first kappa shape index (κ1) is 13.4. The Morgan fingerprint density at radius 2 is 2.05 bits per heavy atom. The number of allylic oxidation sites excluding steroid dienone is 2. The minimum absolute atomic E-state index is 0.105. The van der Waals surface area contributed by atoms with Crippen LogP contribution in [0, 0.1) is 34.0 Å². The van der Waals surface area contributed by atoms with E-state index in [4.69, 9.17) is 5.73 Å². The fourth-order valence-electron chi connectivity index (χ4n) is 5.97. The summed E-state index contributed by atoms with van der Waals surface area (Å²) in [6.07, 6.45) is 7.75. The normalized spacial score (nSPS) is 41.7. The molecule has 110 valence electrons. The van der Waals surface area contributed by atoms with E-state index in [0.717, 1.165) is 28.0 Å². The Bertz CT molecular complexity index is 621. The molecule has 4 fully saturated rings. The molecule has 21 heavy (non-hydrogen) atoms. The Kier molecular flexibility index (Phi) is 2.78. The highest BCUT2D eigenvalue weighted by Gasteiger charge is 2.57. The van der Waals surface area contributed by atoms with Crippen LogP contribution in [0.1, 0.15) is 50.3 Å². The first-order valence-electron chi connectivity index (χ1n) is 7.98. The van der Waals surface area contributed by atoms with E-state index in [-0.39, 0.29) is 5.41 Å². The van der Waals surface area contributed by atoms with Gasteiger partial charge in [-0.25, -0.2) is 0 Å². The molecule has 1 aromatic heterocycles. The second-order valence-electron chi connectivity index (χ2n) is 7.93. The Morgan fingerprint density at radius 3 is 2.57 bits per heavy atom. The van der Waals surface area contributed by atoms with E-state index in [1.165, 1.54) is 38.5 Å². The van der Waals surface area contributed by atoms with Gasteiger partial charge in [-0.2, -0.15) is 5.26 Å². The van der Waals surface area contributed by atoms with Crippen LogP contribution in [-0.4, -0.2) is 0 Å². The summed E-state index contributed by atoms with van der Waals surface area (Å²) in [5, 5.41) is 11.7. The van der Waals surface area contributed by atoms with Crippen LogP contribution in [0.15, 0.2) is 23.2 Å². The molecule has 5 rings (SSSR count). The van der Waals surface area contributed by atoms with Crippen molar-refractivity contribution in [1.82, 2.24) is 0 Å². The molecule has 2 nitrogen and oxygen atoms in total.